The Bertz CT molecular complexity index is 194. The average Bonchev–Trinajstić information content (AvgIpc) is 1.78. The van der Waals surface area contributed by atoms with Crippen molar-refractivity contribution in [1.29, 1.82) is 0 Å². The number of halogens is 3. The van der Waals surface area contributed by atoms with E-state index in [9.17, 15) is 13.2 Å². The molecule has 0 aliphatic carbocycles. The van der Waals surface area contributed by atoms with Crippen LogP contribution in [-0.4, -0.2) is 24.1 Å². The Morgan fingerprint density at radius 2 is 1.64 bits per heavy atom. The van der Waals surface area contributed by atoms with Gasteiger partial charge in [0.2, 0.25) is 0 Å². The molecule has 0 aliphatic rings. The third kappa shape index (κ3) is 11.8. The predicted molar refractivity (Wildman–Crippen MR) is 47.1 cm³/mol. The van der Waals surface area contributed by atoms with Gasteiger partial charge in [0.15, 0.2) is 0 Å². The number of aliphatic imine (C=N–C) groups is 1. The summed E-state index contributed by atoms with van der Waals surface area (Å²) >= 11 is 0. The van der Waals surface area contributed by atoms with Gasteiger partial charge in [-0.15, -0.1) is 0 Å². The Kier molecular flexibility index (Phi) is 6.50. The van der Waals surface area contributed by atoms with Gasteiger partial charge in [0.1, 0.15) is 0 Å². The number of amidine groups is 1. The van der Waals surface area contributed by atoms with Gasteiger partial charge in [-0.05, 0) is 12.5 Å². The van der Waals surface area contributed by atoms with Crippen molar-refractivity contribution in [3.05, 3.63) is 5.32 Å². The zero-order valence-corrected chi connectivity index (χ0v) is 9.79. The molecule has 2 nitrogen and oxygen atoms in total. The molecule has 0 heterocycles. The van der Waals surface area contributed by atoms with E-state index in [1.54, 1.807) is 20.8 Å². The second-order valence-electron chi connectivity index (χ2n) is 3.76. The first-order chi connectivity index (χ1) is 5.60. The number of hydrogen-bond donors (Lipinski definition) is 0. The van der Waals surface area contributed by atoms with Crippen LogP contribution in [0.2, 0.25) is 0 Å². The van der Waals surface area contributed by atoms with Gasteiger partial charge in [0.25, 0.3) is 0 Å². The van der Waals surface area contributed by atoms with Crippen LogP contribution < -0.4 is 0 Å². The molecule has 0 amide bonds. The molecule has 0 aromatic carbocycles. The third-order valence-electron chi connectivity index (χ3n) is 0.984. The normalized spacial score (nSPS) is 13.5. The fourth-order valence-electron chi connectivity index (χ4n) is 0.725. The molecule has 0 aromatic rings. The zero-order valence-electron chi connectivity index (χ0n) is 8.61. The molecule has 0 aliphatic heterocycles. The molecule has 0 saturated heterocycles. The molecule has 14 heavy (non-hydrogen) atoms. The molecule has 0 saturated carbocycles. The van der Waals surface area contributed by atoms with E-state index in [0.29, 0.717) is 0 Å². The maximum absolute atomic E-state index is 11.7. The number of nitrogens with zero attached hydrogens (tertiary/aromatic N) is 2. The Balaban J connectivity index is 0. The Morgan fingerprint density at radius 1 is 1.21 bits per heavy atom. The van der Waals surface area contributed by atoms with Crippen LogP contribution in [0.3, 0.4) is 0 Å². The van der Waals surface area contributed by atoms with Gasteiger partial charge in [-0.25, -0.2) is 0 Å². The van der Waals surface area contributed by atoms with Crippen molar-refractivity contribution in [2.75, 3.05) is 6.54 Å². The standard InChI is InChI=1S/C8H14F3N2.Mn/c1-6(13-7(2,3)4)12-5-8(9,10)11;/h5H2,1-4H3;/q-1;. The largest absolute Gasteiger partial charge is 0.464 e. The van der Waals surface area contributed by atoms with Gasteiger partial charge in [0, 0.05) is 23.6 Å². The molecule has 0 fully saturated rings. The third-order valence-corrected chi connectivity index (χ3v) is 0.984. The fourth-order valence-corrected chi connectivity index (χ4v) is 0.725. The van der Waals surface area contributed by atoms with Gasteiger partial charge in [-0.3, -0.25) is 0 Å². The summed E-state index contributed by atoms with van der Waals surface area (Å²) < 4.78 is 35.1. The van der Waals surface area contributed by atoms with Crippen LogP contribution in [-0.2, 0) is 17.1 Å². The first-order valence-electron chi connectivity index (χ1n) is 3.91. The van der Waals surface area contributed by atoms with Crippen molar-refractivity contribution in [1.82, 2.24) is 0 Å². The van der Waals surface area contributed by atoms with E-state index in [1.165, 1.54) is 6.92 Å². The topological polar surface area (TPSA) is 26.5 Å². The maximum atomic E-state index is 11.7. The summed E-state index contributed by atoms with van der Waals surface area (Å²) in [5, 5.41) is 3.31. The summed E-state index contributed by atoms with van der Waals surface area (Å²) in [6.07, 6.45) is -4.24. The second-order valence-corrected chi connectivity index (χ2v) is 3.76. The second kappa shape index (κ2) is 5.61. The van der Waals surface area contributed by atoms with Crippen LogP contribution in [0.25, 0.3) is 5.32 Å². The summed E-state index contributed by atoms with van der Waals surface area (Å²) in [4.78, 5) is 3.96. The Labute approximate surface area is 92.8 Å². The SMILES string of the molecule is CC(=NC(C)(C)C)[N-]CC(F)(F)F.[Mn]. The van der Waals surface area contributed by atoms with Gasteiger partial charge < -0.3 is 10.3 Å². The van der Waals surface area contributed by atoms with E-state index in [-0.39, 0.29) is 28.4 Å². The maximum Gasteiger partial charge on any atom is 0.388 e. The van der Waals surface area contributed by atoms with Gasteiger partial charge in [-0.1, -0.05) is 26.6 Å². The van der Waals surface area contributed by atoms with Gasteiger partial charge in [-0.2, -0.15) is 13.2 Å². The molecule has 1 radical (unpaired) electrons. The fraction of sp³-hybridized carbons (Fsp3) is 0.875. The monoisotopic (exact) mass is 250 g/mol. The van der Waals surface area contributed by atoms with E-state index in [4.69, 9.17) is 0 Å². The Hall–Kier alpha value is -0.221. The zero-order chi connectivity index (χ0) is 10.7. The summed E-state index contributed by atoms with van der Waals surface area (Å²) in [6, 6.07) is 0. The van der Waals surface area contributed by atoms with E-state index >= 15 is 0 Å². The minimum atomic E-state index is -4.24. The van der Waals surface area contributed by atoms with Crippen molar-refractivity contribution < 1.29 is 30.2 Å². The van der Waals surface area contributed by atoms with Crippen molar-refractivity contribution >= 4 is 5.84 Å². The van der Waals surface area contributed by atoms with Crippen molar-refractivity contribution in [3.8, 4) is 0 Å². The van der Waals surface area contributed by atoms with Crippen molar-refractivity contribution in [3.63, 3.8) is 0 Å². The number of hydrogen-bond acceptors (Lipinski definition) is 1. The minimum absolute atomic E-state index is 0. The average molecular weight is 250 g/mol. The van der Waals surface area contributed by atoms with Crippen LogP contribution in [0.4, 0.5) is 13.2 Å². The van der Waals surface area contributed by atoms with Crippen LogP contribution in [0, 0.1) is 0 Å². The molecule has 0 unspecified atom stereocenters. The van der Waals surface area contributed by atoms with E-state index in [0.717, 1.165) is 0 Å². The predicted octanol–water partition coefficient (Wildman–Crippen LogP) is 3.14. The van der Waals surface area contributed by atoms with E-state index in [2.05, 4.69) is 10.3 Å². The summed E-state index contributed by atoms with van der Waals surface area (Å²) in [5.41, 5.74) is -0.376. The van der Waals surface area contributed by atoms with Gasteiger partial charge in [0.05, 0.1) is 0 Å². The molecular weight excluding hydrogens is 236 g/mol. The van der Waals surface area contributed by atoms with Gasteiger partial charge >= 0.3 is 6.18 Å². The summed E-state index contributed by atoms with van der Waals surface area (Å²) in [7, 11) is 0. The molecular formula is C8H14F3MnN2-. The molecule has 0 N–H and O–H groups in total. The van der Waals surface area contributed by atoms with Crippen molar-refractivity contribution in [2.24, 2.45) is 4.99 Å². The molecule has 0 aromatic heterocycles. The molecule has 0 atom stereocenters. The number of alkyl halides is 3. The quantitative estimate of drug-likeness (QED) is 0.388. The molecule has 0 rings (SSSR count). The smallest absolute Gasteiger partial charge is 0.388 e. The molecule has 0 spiro atoms. The summed E-state index contributed by atoms with van der Waals surface area (Å²) in [5.74, 6) is 0.185. The Morgan fingerprint density at radius 3 is 1.93 bits per heavy atom. The van der Waals surface area contributed by atoms with Crippen LogP contribution in [0.15, 0.2) is 4.99 Å². The van der Waals surface area contributed by atoms with Crippen LogP contribution in [0.1, 0.15) is 27.7 Å². The van der Waals surface area contributed by atoms with Crippen molar-refractivity contribution in [2.45, 2.75) is 39.4 Å². The van der Waals surface area contributed by atoms with Crippen LogP contribution >= 0.6 is 0 Å². The summed E-state index contributed by atoms with van der Waals surface area (Å²) in [6.45, 7) is 5.73. The molecule has 0 bridgehead atoms. The number of rotatable bonds is 1. The van der Waals surface area contributed by atoms with Crippen LogP contribution in [0.5, 0.6) is 0 Å². The molecule has 6 heteroatoms. The minimum Gasteiger partial charge on any atom is -0.464 e. The first-order valence-corrected chi connectivity index (χ1v) is 3.91. The first kappa shape index (κ1) is 16.2. The van der Waals surface area contributed by atoms with E-state index in [1.807, 2.05) is 0 Å². The van der Waals surface area contributed by atoms with E-state index < -0.39 is 12.7 Å². The molecule has 85 valence electrons.